The van der Waals surface area contributed by atoms with Crippen molar-refractivity contribution in [1.29, 1.82) is 0 Å². The Morgan fingerprint density at radius 3 is 2.76 bits per heavy atom. The summed E-state index contributed by atoms with van der Waals surface area (Å²) in [5.41, 5.74) is 3.88. The molecule has 88 valence electrons. The van der Waals surface area contributed by atoms with E-state index >= 15 is 0 Å². The number of hydrogen-bond donors (Lipinski definition) is 0. The Balaban J connectivity index is 2.04. The summed E-state index contributed by atoms with van der Waals surface area (Å²) in [7, 11) is 2.17. The van der Waals surface area contributed by atoms with E-state index in [1.54, 1.807) is 0 Å². The molecule has 1 unspecified atom stereocenters. The quantitative estimate of drug-likeness (QED) is 0.745. The monoisotopic (exact) mass is 227 g/mol. The molecular weight excluding hydrogens is 210 g/mol. The van der Waals surface area contributed by atoms with Crippen LogP contribution in [-0.4, -0.2) is 27.8 Å². The fraction of sp³-hybridized carbons (Fsp3) is 0.357. The number of aromatic nitrogens is 2. The maximum Gasteiger partial charge on any atom is 0.0648 e. The normalized spacial score (nSPS) is 20.2. The smallest absolute Gasteiger partial charge is 0.0648 e. The minimum absolute atomic E-state index is 0.585. The van der Waals surface area contributed by atoms with Crippen molar-refractivity contribution in [3.05, 3.63) is 47.8 Å². The van der Waals surface area contributed by atoms with Crippen LogP contribution < -0.4 is 0 Å². The highest BCUT2D eigenvalue weighted by molar-refractivity contribution is 5.36. The van der Waals surface area contributed by atoms with E-state index in [2.05, 4.69) is 52.9 Å². The Hall–Kier alpha value is -1.61. The van der Waals surface area contributed by atoms with Crippen molar-refractivity contribution >= 4 is 0 Å². The van der Waals surface area contributed by atoms with Crippen LogP contribution in [0.4, 0.5) is 0 Å². The molecule has 0 spiro atoms. The summed E-state index contributed by atoms with van der Waals surface area (Å²) < 4.78 is 2.08. The summed E-state index contributed by atoms with van der Waals surface area (Å²) in [6.45, 7) is 3.27. The molecule has 2 aromatic rings. The number of para-hydroxylation sites is 1. The maximum atomic E-state index is 4.53. The molecule has 1 aliphatic heterocycles. The Morgan fingerprint density at radius 1 is 1.24 bits per heavy atom. The van der Waals surface area contributed by atoms with Crippen molar-refractivity contribution in [2.75, 3.05) is 7.05 Å². The molecule has 1 aliphatic rings. The number of rotatable bonds is 1. The van der Waals surface area contributed by atoms with Gasteiger partial charge >= 0.3 is 0 Å². The van der Waals surface area contributed by atoms with Gasteiger partial charge in [-0.1, -0.05) is 18.2 Å². The van der Waals surface area contributed by atoms with E-state index in [-0.39, 0.29) is 0 Å². The van der Waals surface area contributed by atoms with Gasteiger partial charge < -0.3 is 0 Å². The molecule has 0 radical (unpaired) electrons. The van der Waals surface area contributed by atoms with Crippen LogP contribution in [0.5, 0.6) is 0 Å². The number of benzene rings is 1. The molecule has 0 fully saturated rings. The largest absolute Gasteiger partial charge is 0.299 e. The first-order valence-electron chi connectivity index (χ1n) is 6.07. The second-order valence-electron chi connectivity index (χ2n) is 4.83. The van der Waals surface area contributed by atoms with Gasteiger partial charge in [-0.15, -0.1) is 0 Å². The molecule has 0 bridgehead atoms. The number of nitrogens with zero attached hydrogens (tertiary/aromatic N) is 3. The van der Waals surface area contributed by atoms with Crippen LogP contribution in [0.15, 0.2) is 36.5 Å². The Kier molecular flexibility index (Phi) is 2.48. The second kappa shape index (κ2) is 4.00. The summed E-state index contributed by atoms with van der Waals surface area (Å²) in [6.07, 6.45) is 3.07. The van der Waals surface area contributed by atoms with Gasteiger partial charge in [-0.2, -0.15) is 5.10 Å². The third-order valence-electron chi connectivity index (χ3n) is 3.62. The molecule has 0 saturated heterocycles. The molecule has 0 N–H and O–H groups in total. The molecule has 3 rings (SSSR count). The van der Waals surface area contributed by atoms with Crippen LogP contribution in [0, 0.1) is 0 Å². The third kappa shape index (κ3) is 1.76. The fourth-order valence-electron chi connectivity index (χ4n) is 2.41. The van der Waals surface area contributed by atoms with Gasteiger partial charge in [-0.05, 0) is 26.1 Å². The van der Waals surface area contributed by atoms with Crippen LogP contribution in [0.25, 0.3) is 5.69 Å². The third-order valence-corrected chi connectivity index (χ3v) is 3.62. The molecule has 0 aliphatic carbocycles. The molecule has 3 heteroatoms. The van der Waals surface area contributed by atoms with E-state index in [9.17, 15) is 0 Å². The lowest BCUT2D eigenvalue weighted by Crippen LogP contribution is -2.35. The number of hydrogen-bond acceptors (Lipinski definition) is 2. The van der Waals surface area contributed by atoms with Crippen molar-refractivity contribution in [1.82, 2.24) is 14.7 Å². The fourth-order valence-corrected chi connectivity index (χ4v) is 2.41. The Morgan fingerprint density at radius 2 is 2.00 bits per heavy atom. The molecule has 1 atom stereocenters. The average Bonchev–Trinajstić information content (AvgIpc) is 2.74. The van der Waals surface area contributed by atoms with E-state index in [0.717, 1.165) is 18.7 Å². The number of fused-ring (bicyclic) bond motifs is 1. The minimum Gasteiger partial charge on any atom is -0.299 e. The number of likely N-dealkylation sites (N-methyl/N-ethyl adjacent to an activating group) is 1. The van der Waals surface area contributed by atoms with Crippen LogP contribution in [0.3, 0.4) is 0 Å². The van der Waals surface area contributed by atoms with Crippen molar-refractivity contribution in [2.24, 2.45) is 0 Å². The summed E-state index contributed by atoms with van der Waals surface area (Å²) >= 11 is 0. The molecule has 2 heterocycles. The van der Waals surface area contributed by atoms with Gasteiger partial charge in [-0.3, -0.25) is 4.90 Å². The Bertz CT molecular complexity index is 516. The summed E-state index contributed by atoms with van der Waals surface area (Å²) in [4.78, 5) is 2.37. The Labute approximate surface area is 102 Å². The average molecular weight is 227 g/mol. The van der Waals surface area contributed by atoms with E-state index in [1.807, 2.05) is 12.3 Å². The van der Waals surface area contributed by atoms with Crippen molar-refractivity contribution in [3.63, 3.8) is 0 Å². The molecule has 17 heavy (non-hydrogen) atoms. The lowest BCUT2D eigenvalue weighted by Gasteiger charge is -2.30. The van der Waals surface area contributed by atoms with Crippen molar-refractivity contribution in [3.8, 4) is 5.69 Å². The molecule has 0 amide bonds. The van der Waals surface area contributed by atoms with Crippen molar-refractivity contribution < 1.29 is 0 Å². The second-order valence-corrected chi connectivity index (χ2v) is 4.83. The van der Waals surface area contributed by atoms with Crippen LogP contribution in [0.1, 0.15) is 18.2 Å². The summed E-state index contributed by atoms with van der Waals surface area (Å²) in [6, 6.07) is 11.0. The van der Waals surface area contributed by atoms with Gasteiger partial charge in [0.05, 0.1) is 17.6 Å². The van der Waals surface area contributed by atoms with Crippen LogP contribution >= 0.6 is 0 Å². The summed E-state index contributed by atoms with van der Waals surface area (Å²) in [5, 5.41) is 4.53. The highest BCUT2D eigenvalue weighted by Gasteiger charge is 2.23. The predicted molar refractivity (Wildman–Crippen MR) is 68.2 cm³/mol. The molecule has 3 nitrogen and oxygen atoms in total. The first-order valence-corrected chi connectivity index (χ1v) is 6.07. The van der Waals surface area contributed by atoms with E-state index in [0.29, 0.717) is 6.04 Å². The van der Waals surface area contributed by atoms with E-state index in [4.69, 9.17) is 0 Å². The zero-order valence-corrected chi connectivity index (χ0v) is 10.3. The van der Waals surface area contributed by atoms with E-state index < -0.39 is 0 Å². The zero-order valence-electron chi connectivity index (χ0n) is 10.3. The first-order chi connectivity index (χ1) is 8.25. The van der Waals surface area contributed by atoms with E-state index in [1.165, 1.54) is 11.3 Å². The topological polar surface area (TPSA) is 21.1 Å². The minimum atomic E-state index is 0.585. The van der Waals surface area contributed by atoms with Crippen molar-refractivity contribution in [2.45, 2.75) is 25.9 Å². The van der Waals surface area contributed by atoms with Crippen LogP contribution in [0.2, 0.25) is 0 Å². The van der Waals surface area contributed by atoms with Gasteiger partial charge in [0.15, 0.2) is 0 Å². The molecule has 1 aromatic carbocycles. The van der Waals surface area contributed by atoms with Crippen LogP contribution in [-0.2, 0) is 13.0 Å². The van der Waals surface area contributed by atoms with Gasteiger partial charge in [0.25, 0.3) is 0 Å². The van der Waals surface area contributed by atoms with Gasteiger partial charge in [-0.25, -0.2) is 4.68 Å². The highest BCUT2D eigenvalue weighted by atomic mass is 15.3. The highest BCUT2D eigenvalue weighted by Crippen LogP contribution is 2.23. The van der Waals surface area contributed by atoms with Gasteiger partial charge in [0.1, 0.15) is 0 Å². The van der Waals surface area contributed by atoms with Gasteiger partial charge in [0, 0.05) is 24.6 Å². The molecule has 0 saturated carbocycles. The maximum absolute atomic E-state index is 4.53. The molecular formula is C14H17N3. The summed E-state index contributed by atoms with van der Waals surface area (Å²) in [5.74, 6) is 0. The standard InChI is InChI=1S/C14H17N3/c1-11-8-14-12(10-16(11)2)9-15-17(14)13-6-4-3-5-7-13/h3-7,9,11H,8,10H2,1-2H3. The zero-order chi connectivity index (χ0) is 11.8. The lowest BCUT2D eigenvalue weighted by molar-refractivity contribution is 0.228. The first kappa shape index (κ1) is 10.5. The SMILES string of the molecule is CC1Cc2c(cnn2-c2ccccc2)CN1C. The lowest BCUT2D eigenvalue weighted by atomic mass is 10.0. The van der Waals surface area contributed by atoms with Gasteiger partial charge in [0.2, 0.25) is 0 Å². The molecule has 1 aromatic heterocycles. The predicted octanol–water partition coefficient (Wildman–Crippen LogP) is 2.25.